The van der Waals surface area contributed by atoms with Crippen LogP contribution in [0.25, 0.3) is 5.69 Å². The maximum absolute atomic E-state index is 12.5. The van der Waals surface area contributed by atoms with Crippen molar-refractivity contribution >= 4 is 17.7 Å². The smallest absolute Gasteiger partial charge is 0.251 e. The Morgan fingerprint density at radius 3 is 2.57 bits per heavy atom. The maximum Gasteiger partial charge on any atom is 0.251 e. The monoisotopic (exact) mass is 396 g/mol. The number of thioether (sulfide) groups is 1. The zero-order chi connectivity index (χ0) is 20.1. The quantitative estimate of drug-likeness (QED) is 0.613. The summed E-state index contributed by atoms with van der Waals surface area (Å²) in [6.07, 6.45) is 0. The van der Waals surface area contributed by atoms with Crippen molar-refractivity contribution in [2.24, 2.45) is 0 Å². The largest absolute Gasteiger partial charge is 0.497 e. The molecule has 1 aromatic heterocycles. The first-order valence-corrected chi connectivity index (χ1v) is 10.1. The molecular weight excluding hydrogens is 372 g/mol. The third-order valence-electron chi connectivity index (χ3n) is 4.34. The van der Waals surface area contributed by atoms with Gasteiger partial charge in [0.05, 0.1) is 19.3 Å². The van der Waals surface area contributed by atoms with E-state index in [0.29, 0.717) is 17.1 Å². The van der Waals surface area contributed by atoms with Crippen LogP contribution in [0, 0.1) is 13.8 Å². The molecule has 1 amide bonds. The van der Waals surface area contributed by atoms with Crippen molar-refractivity contribution < 1.29 is 9.53 Å². The molecule has 2 aromatic carbocycles. The Morgan fingerprint density at radius 2 is 1.89 bits per heavy atom. The molecule has 0 saturated carbocycles. The molecule has 0 radical (unpaired) electrons. The first-order chi connectivity index (χ1) is 13.5. The predicted octanol–water partition coefficient (Wildman–Crippen LogP) is 3.93. The van der Waals surface area contributed by atoms with Gasteiger partial charge in [-0.2, -0.15) is 0 Å². The summed E-state index contributed by atoms with van der Waals surface area (Å²) in [7, 11) is 1.60. The van der Waals surface area contributed by atoms with E-state index in [4.69, 9.17) is 4.74 Å². The van der Waals surface area contributed by atoms with Crippen LogP contribution < -0.4 is 10.1 Å². The third kappa shape index (κ3) is 4.36. The molecule has 0 aliphatic carbocycles. The molecule has 1 heterocycles. The van der Waals surface area contributed by atoms with Crippen LogP contribution in [0.15, 0.2) is 47.6 Å². The van der Waals surface area contributed by atoms with Gasteiger partial charge in [0.1, 0.15) is 5.75 Å². The molecule has 3 rings (SSSR count). The van der Waals surface area contributed by atoms with Gasteiger partial charge in [0.15, 0.2) is 11.0 Å². The van der Waals surface area contributed by atoms with E-state index in [1.165, 1.54) is 0 Å². The Kier molecular flexibility index (Phi) is 6.36. The van der Waals surface area contributed by atoms with Gasteiger partial charge in [-0.25, -0.2) is 0 Å². The molecule has 0 saturated heterocycles. The van der Waals surface area contributed by atoms with Gasteiger partial charge in [0.25, 0.3) is 5.91 Å². The molecule has 0 aliphatic rings. The van der Waals surface area contributed by atoms with Gasteiger partial charge in [0.2, 0.25) is 0 Å². The summed E-state index contributed by atoms with van der Waals surface area (Å²) in [4.78, 5) is 12.5. The van der Waals surface area contributed by atoms with Gasteiger partial charge in [-0.05, 0) is 61.1 Å². The minimum Gasteiger partial charge on any atom is -0.497 e. The van der Waals surface area contributed by atoms with Crippen LogP contribution in [-0.2, 0) is 6.54 Å². The van der Waals surface area contributed by atoms with Crippen LogP contribution >= 0.6 is 11.8 Å². The predicted molar refractivity (Wildman–Crippen MR) is 111 cm³/mol. The number of benzene rings is 2. The summed E-state index contributed by atoms with van der Waals surface area (Å²) in [5, 5.41) is 12.4. The zero-order valence-electron chi connectivity index (χ0n) is 16.5. The molecule has 0 spiro atoms. The number of rotatable bonds is 7. The van der Waals surface area contributed by atoms with E-state index in [1.54, 1.807) is 43.1 Å². The molecule has 0 fully saturated rings. The molecule has 146 valence electrons. The number of carbonyl (C=O) groups is 1. The zero-order valence-corrected chi connectivity index (χ0v) is 17.3. The fraction of sp³-hybridized carbons (Fsp3) is 0.286. The highest BCUT2D eigenvalue weighted by Gasteiger charge is 2.17. The lowest BCUT2D eigenvalue weighted by atomic mass is 10.1. The number of aryl methyl sites for hydroxylation is 2. The molecule has 7 heteroatoms. The second-order valence-corrected chi connectivity index (χ2v) is 7.60. The SMILES string of the molecule is CCSc1nnc(CNC(=O)c2ccc(OC)cc2)n1-c1cc(C)ccc1C. The minimum absolute atomic E-state index is 0.164. The lowest BCUT2D eigenvalue weighted by Crippen LogP contribution is -2.24. The van der Waals surface area contributed by atoms with Crippen LogP contribution in [-0.4, -0.2) is 33.5 Å². The van der Waals surface area contributed by atoms with Crippen molar-refractivity contribution in [3.05, 3.63) is 65.0 Å². The van der Waals surface area contributed by atoms with Crippen molar-refractivity contribution in [2.45, 2.75) is 32.5 Å². The highest BCUT2D eigenvalue weighted by atomic mass is 32.2. The number of nitrogens with zero attached hydrogens (tertiary/aromatic N) is 3. The molecule has 28 heavy (non-hydrogen) atoms. The lowest BCUT2D eigenvalue weighted by Gasteiger charge is -2.14. The average molecular weight is 397 g/mol. The molecule has 1 N–H and O–H groups in total. The highest BCUT2D eigenvalue weighted by molar-refractivity contribution is 7.99. The van der Waals surface area contributed by atoms with Crippen LogP contribution in [0.1, 0.15) is 34.2 Å². The van der Waals surface area contributed by atoms with Crippen LogP contribution in [0.3, 0.4) is 0 Å². The summed E-state index contributed by atoms with van der Waals surface area (Å²) in [5.41, 5.74) is 3.90. The molecule has 0 unspecified atom stereocenters. The van der Waals surface area contributed by atoms with E-state index >= 15 is 0 Å². The summed E-state index contributed by atoms with van der Waals surface area (Å²) < 4.78 is 7.17. The van der Waals surface area contributed by atoms with Crippen LogP contribution in [0.4, 0.5) is 0 Å². The Hall–Kier alpha value is -2.80. The second kappa shape index (κ2) is 8.93. The van der Waals surface area contributed by atoms with Gasteiger partial charge in [-0.15, -0.1) is 10.2 Å². The maximum atomic E-state index is 12.5. The first kappa shape index (κ1) is 19.9. The van der Waals surface area contributed by atoms with Crippen LogP contribution in [0.5, 0.6) is 5.75 Å². The topological polar surface area (TPSA) is 69.0 Å². The number of hydrogen-bond acceptors (Lipinski definition) is 5. The molecule has 6 nitrogen and oxygen atoms in total. The van der Waals surface area contributed by atoms with E-state index in [9.17, 15) is 4.79 Å². The van der Waals surface area contributed by atoms with Crippen molar-refractivity contribution in [1.29, 1.82) is 0 Å². The fourth-order valence-electron chi connectivity index (χ4n) is 2.84. The van der Waals surface area contributed by atoms with Crippen molar-refractivity contribution in [3.8, 4) is 11.4 Å². The number of amides is 1. The van der Waals surface area contributed by atoms with Gasteiger partial charge < -0.3 is 10.1 Å². The van der Waals surface area contributed by atoms with Crippen molar-refractivity contribution in [2.75, 3.05) is 12.9 Å². The Morgan fingerprint density at radius 1 is 1.14 bits per heavy atom. The minimum atomic E-state index is -0.164. The van der Waals surface area contributed by atoms with E-state index in [-0.39, 0.29) is 12.5 Å². The molecule has 0 bridgehead atoms. The van der Waals surface area contributed by atoms with E-state index in [1.807, 2.05) is 4.57 Å². The highest BCUT2D eigenvalue weighted by Crippen LogP contribution is 2.25. The van der Waals surface area contributed by atoms with Gasteiger partial charge in [-0.1, -0.05) is 30.8 Å². The van der Waals surface area contributed by atoms with Gasteiger partial charge in [0, 0.05) is 5.56 Å². The van der Waals surface area contributed by atoms with Crippen molar-refractivity contribution in [3.63, 3.8) is 0 Å². The van der Waals surface area contributed by atoms with E-state index in [0.717, 1.165) is 27.7 Å². The Labute approximate surface area is 169 Å². The van der Waals surface area contributed by atoms with Crippen LogP contribution in [0.2, 0.25) is 0 Å². The Bertz CT molecular complexity index is 967. The number of aromatic nitrogens is 3. The third-order valence-corrected chi connectivity index (χ3v) is 5.15. The summed E-state index contributed by atoms with van der Waals surface area (Å²) in [6, 6.07) is 13.3. The molecular formula is C21H24N4O2S. The summed E-state index contributed by atoms with van der Waals surface area (Å²) >= 11 is 1.63. The fourth-order valence-corrected chi connectivity index (χ4v) is 3.53. The standard InChI is InChI=1S/C21H24N4O2S/c1-5-28-21-24-23-19(25(21)18-12-14(2)6-7-15(18)3)13-22-20(26)16-8-10-17(27-4)11-9-16/h6-12H,5,13H2,1-4H3,(H,22,26). The first-order valence-electron chi connectivity index (χ1n) is 9.10. The number of hydrogen-bond donors (Lipinski definition) is 1. The van der Waals surface area contributed by atoms with E-state index < -0.39 is 0 Å². The number of carbonyl (C=O) groups excluding carboxylic acids is 1. The summed E-state index contributed by atoms with van der Waals surface area (Å²) in [6.45, 7) is 6.49. The molecule has 0 atom stereocenters. The number of ether oxygens (including phenoxy) is 1. The number of nitrogens with one attached hydrogen (secondary N) is 1. The van der Waals surface area contributed by atoms with Crippen molar-refractivity contribution in [1.82, 2.24) is 20.1 Å². The second-order valence-electron chi connectivity index (χ2n) is 6.37. The number of methoxy groups -OCH3 is 1. The van der Waals surface area contributed by atoms with Gasteiger partial charge in [-0.3, -0.25) is 9.36 Å². The molecule has 0 aliphatic heterocycles. The van der Waals surface area contributed by atoms with E-state index in [2.05, 4.69) is 54.5 Å². The van der Waals surface area contributed by atoms with Gasteiger partial charge >= 0.3 is 0 Å². The Balaban J connectivity index is 1.85. The summed E-state index contributed by atoms with van der Waals surface area (Å²) in [5.74, 6) is 2.14. The lowest BCUT2D eigenvalue weighted by molar-refractivity contribution is 0.0949. The molecule has 3 aromatic rings. The normalized spacial score (nSPS) is 10.7. The average Bonchev–Trinajstić information content (AvgIpc) is 3.10.